The van der Waals surface area contributed by atoms with Gasteiger partial charge in [-0.25, -0.2) is 0 Å². The normalized spacial score (nSPS) is 22.2. The number of likely N-dealkylation sites (tertiary alicyclic amines) is 1. The summed E-state index contributed by atoms with van der Waals surface area (Å²) in [5, 5.41) is 63.0. The highest BCUT2D eigenvalue weighted by Crippen LogP contribution is 2.27. The summed E-state index contributed by atoms with van der Waals surface area (Å²) >= 11 is 0. The second-order valence-electron chi connectivity index (χ2n) is 28.1. The van der Waals surface area contributed by atoms with E-state index in [4.69, 9.17) is 11.5 Å². The van der Waals surface area contributed by atoms with Crippen molar-refractivity contribution in [2.24, 2.45) is 23.3 Å². The average molecular weight is 1480 g/mol. The fraction of sp³-hybridized carbons (Fsp3) is 0.481. The van der Waals surface area contributed by atoms with Gasteiger partial charge in [0, 0.05) is 69.3 Å². The highest BCUT2D eigenvalue weighted by molar-refractivity contribution is 8.76. The van der Waals surface area contributed by atoms with Gasteiger partial charge in [-0.05, 0) is 97.7 Å². The zero-order chi connectivity index (χ0) is 76.4. The van der Waals surface area contributed by atoms with Crippen molar-refractivity contribution >= 4 is 80.4 Å². The predicted octanol–water partition coefficient (Wildman–Crippen LogP) is 2.52. The molecule has 0 aliphatic carbocycles. The molecular formula is C77H105N13O13S2. The number of hydrogen-bond donors (Lipinski definition) is 15. The lowest BCUT2D eigenvalue weighted by Gasteiger charge is -2.33. The van der Waals surface area contributed by atoms with Gasteiger partial charge in [0.05, 0.1) is 24.7 Å². The van der Waals surface area contributed by atoms with Crippen LogP contribution in [0, 0.1) is 25.7 Å². The zero-order valence-electron chi connectivity index (χ0n) is 61.0. The molecule has 105 heavy (non-hydrogen) atoms. The van der Waals surface area contributed by atoms with Crippen molar-refractivity contribution in [3.05, 3.63) is 166 Å². The van der Waals surface area contributed by atoms with Crippen LogP contribution in [0.5, 0.6) is 0 Å². The topological polar surface area (TPSA) is 407 Å². The lowest BCUT2D eigenvalue weighted by atomic mass is 9.99. The summed E-state index contributed by atoms with van der Waals surface area (Å²) in [5.74, 6) is -8.62. The van der Waals surface area contributed by atoms with Crippen LogP contribution in [-0.2, 0) is 80.3 Å². The van der Waals surface area contributed by atoms with Gasteiger partial charge < -0.3 is 69.3 Å². The number of ketones is 2. The molecule has 0 bridgehead atoms. The Morgan fingerprint density at radius 3 is 1.82 bits per heavy atom. The molecule has 0 aromatic heterocycles. The Balaban J connectivity index is 1.27. The Kier molecular flexibility index (Phi) is 33.1. The molecule has 5 aromatic carbocycles. The molecule has 0 unspecified atom stereocenters. The molecule has 5 aromatic rings. The molecule has 2 aliphatic heterocycles. The molecule has 7 rings (SSSR count). The second kappa shape index (κ2) is 41.5. The van der Waals surface area contributed by atoms with Crippen LogP contribution < -0.4 is 64.6 Å². The zero-order valence-corrected chi connectivity index (χ0v) is 62.7. The Morgan fingerprint density at radius 1 is 0.638 bits per heavy atom. The number of β-amino-alcohol motifs (C(OH)–C–C–N with tert-alkyl or cyclic N) is 1. The molecule has 0 spiro atoms. The molecule has 2 aliphatic rings. The average Bonchev–Trinajstić information content (AvgIpc) is 1.82. The minimum absolute atomic E-state index is 0.0753. The van der Waals surface area contributed by atoms with Crippen LogP contribution in [0.4, 0.5) is 0 Å². The van der Waals surface area contributed by atoms with E-state index in [0.29, 0.717) is 36.1 Å². The number of hydrogen-bond acceptors (Lipinski definition) is 20. The Bertz CT molecular complexity index is 3730. The molecule has 0 saturated carbocycles. The maximum Gasteiger partial charge on any atom is 0.244 e. The molecular weight excluding hydrogens is 1380 g/mol. The lowest BCUT2D eigenvalue weighted by molar-refractivity contribution is -0.136. The maximum absolute atomic E-state index is 15.3. The largest absolute Gasteiger partial charge is 0.377 e. The van der Waals surface area contributed by atoms with Gasteiger partial charge in [-0.15, -0.1) is 0 Å². The van der Waals surface area contributed by atoms with Crippen LogP contribution >= 0.6 is 21.6 Å². The molecule has 2 fully saturated rings. The quantitative estimate of drug-likeness (QED) is 0.0265. The van der Waals surface area contributed by atoms with Crippen LogP contribution in [0.25, 0.3) is 11.1 Å². The summed E-state index contributed by atoms with van der Waals surface area (Å²) in [7, 11) is 1.97. The van der Waals surface area contributed by atoms with Gasteiger partial charge in [-0.1, -0.05) is 188 Å². The second-order valence-corrected chi connectivity index (χ2v) is 30.7. The van der Waals surface area contributed by atoms with Gasteiger partial charge in [0.1, 0.15) is 66.5 Å². The molecule has 568 valence electrons. The van der Waals surface area contributed by atoms with E-state index >= 15 is 9.59 Å². The first-order valence-electron chi connectivity index (χ1n) is 35.8. The number of nitrogens with two attached hydrogens (primary N) is 2. The van der Waals surface area contributed by atoms with E-state index in [0.717, 1.165) is 55.0 Å². The first-order chi connectivity index (χ1) is 50.0. The summed E-state index contributed by atoms with van der Waals surface area (Å²) in [5.41, 5.74) is 19.4. The molecule has 8 amide bonds. The third-order valence-corrected chi connectivity index (χ3v) is 20.7. The summed E-state index contributed by atoms with van der Waals surface area (Å²) in [6, 6.07) is 25.4. The number of carbonyl (C=O) groups excluding carboxylic acids is 10. The fourth-order valence-corrected chi connectivity index (χ4v) is 14.8. The van der Waals surface area contributed by atoms with Crippen LogP contribution in [0.2, 0.25) is 0 Å². The van der Waals surface area contributed by atoms with Crippen molar-refractivity contribution in [2.45, 2.75) is 199 Å². The summed E-state index contributed by atoms with van der Waals surface area (Å²) in [6.07, 6.45) is -4.39. The molecule has 26 nitrogen and oxygen atoms in total. The third-order valence-electron chi connectivity index (χ3n) is 18.3. The molecule has 2 heterocycles. The summed E-state index contributed by atoms with van der Waals surface area (Å²) < 4.78 is 0. The van der Waals surface area contributed by atoms with Crippen LogP contribution in [0.15, 0.2) is 127 Å². The number of aliphatic hydroxyl groups is 3. The monoisotopic (exact) mass is 1480 g/mol. The van der Waals surface area contributed by atoms with Crippen molar-refractivity contribution in [2.75, 3.05) is 24.6 Å². The SMILES string of the molecule is CC(=O)C[C@@H]1NC(=O)[C@@H](NC(=O)[C@@H]2CCCN2[C@H](O)[C@@H](N)CC(C)C)CSSC[C@@H](C(=O)N[C@@H](Cc2ccc(-c3ccccc3)cc2)C(=O)N[C@@H](CC(C)=O)[C@@H](O)NCc2cccc(CN)c2)NC(=O)[C@H](C(C)C)N[C@H](O)CNC(=O)[C@H](Cc2ccc(C)cc2)NC(=O)[C@H](Cc2ccc(C)cc2)NC1=O. The third kappa shape index (κ3) is 26.8. The molecule has 17 N–H and O–H groups in total. The van der Waals surface area contributed by atoms with Crippen molar-refractivity contribution in [3.8, 4) is 11.1 Å². The number of aliphatic hydroxyl groups excluding tert-OH is 3. The number of aryl methyl sites for hydroxylation is 2. The molecule has 28 heteroatoms. The van der Waals surface area contributed by atoms with Gasteiger partial charge in [0.15, 0.2) is 0 Å². The van der Waals surface area contributed by atoms with E-state index in [-0.39, 0.29) is 68.4 Å². The van der Waals surface area contributed by atoms with Gasteiger partial charge in [-0.3, -0.25) is 63.5 Å². The smallest absolute Gasteiger partial charge is 0.244 e. The highest BCUT2D eigenvalue weighted by Gasteiger charge is 2.41. The van der Waals surface area contributed by atoms with E-state index in [1.54, 1.807) is 55.1 Å². The number of nitrogens with zero attached hydrogens (tertiary/aromatic N) is 1. The van der Waals surface area contributed by atoms with E-state index in [9.17, 15) is 53.7 Å². The minimum Gasteiger partial charge on any atom is -0.377 e. The Morgan fingerprint density at radius 2 is 1.22 bits per heavy atom. The fourth-order valence-electron chi connectivity index (χ4n) is 12.5. The number of amides is 8. The Hall–Kier alpha value is -8.42. The lowest BCUT2D eigenvalue weighted by Crippen LogP contribution is -2.61. The van der Waals surface area contributed by atoms with E-state index in [2.05, 4.69) is 53.2 Å². The number of nitrogens with one attached hydrogen (secondary N) is 10. The standard InChI is InChI=1S/C77H105N13O13S2/c1-44(2)32-57(79)77(103)90-31-13-18-65(90)75(101)87-63-42-104-105-43-64(74(100)86-62(38-52-27-29-56(30-28-52)55-16-10-9-11-17-55)71(97)82-58(33-48(7)91)68(94)80-40-54-15-12-14-53(35-54)39-78)88-76(102)67(45(3)4)89-66(93)41-81-69(95)60(36-50-23-19-46(5)20-24-50)84-72(98)61(37-51-25-21-47(6)22-26-51)85-70(96)59(34-49(8)92)83-73(63)99/h9-12,14-17,19-30,35,44-45,57-68,77,80,89,93-94,103H,13,18,31-34,36-43,78-79H2,1-8H3,(H,81,95)(H,82,97)(H,83,99)(H,84,98)(H,85,96)(H,86,100)(H,87,101)(H,88,102)/t57-,58-,59-,60-,61-,62-,63-,64-,65-,66+,67-,68+,77+/m0/s1. The molecule has 13 atom stereocenters. The number of carbonyl (C=O) groups is 10. The predicted molar refractivity (Wildman–Crippen MR) is 405 cm³/mol. The van der Waals surface area contributed by atoms with Gasteiger partial charge in [-0.2, -0.15) is 0 Å². The summed E-state index contributed by atoms with van der Waals surface area (Å²) in [4.78, 5) is 147. The summed E-state index contributed by atoms with van der Waals surface area (Å²) in [6.45, 7) is 13.7. The van der Waals surface area contributed by atoms with Crippen molar-refractivity contribution in [1.29, 1.82) is 0 Å². The van der Waals surface area contributed by atoms with Gasteiger partial charge >= 0.3 is 0 Å². The van der Waals surface area contributed by atoms with Crippen LogP contribution in [0.1, 0.15) is 113 Å². The van der Waals surface area contributed by atoms with Crippen molar-refractivity contribution < 1.29 is 63.3 Å². The first-order valence-corrected chi connectivity index (χ1v) is 38.2. The Labute approximate surface area is 622 Å². The first kappa shape index (κ1) is 83.8. The van der Waals surface area contributed by atoms with E-state index in [1.165, 1.54) is 13.8 Å². The van der Waals surface area contributed by atoms with E-state index in [1.807, 2.05) is 119 Å². The van der Waals surface area contributed by atoms with Gasteiger partial charge in [0.25, 0.3) is 0 Å². The number of rotatable bonds is 27. The molecule has 0 radical (unpaired) electrons. The maximum atomic E-state index is 15.3. The van der Waals surface area contributed by atoms with Crippen LogP contribution in [-0.4, -0.2) is 183 Å². The van der Waals surface area contributed by atoms with E-state index < -0.39 is 151 Å². The van der Waals surface area contributed by atoms with Crippen molar-refractivity contribution in [1.82, 2.24) is 58.1 Å². The number of benzene rings is 5. The van der Waals surface area contributed by atoms with Crippen LogP contribution in [0.3, 0.4) is 0 Å². The minimum atomic E-state index is -1.65. The molecule has 2 saturated heterocycles. The highest BCUT2D eigenvalue weighted by atomic mass is 33.1. The number of Topliss-reactive ketones (excluding diaryl/α,β-unsaturated/α-hetero) is 2. The van der Waals surface area contributed by atoms with Gasteiger partial charge in [0.2, 0.25) is 47.3 Å². The van der Waals surface area contributed by atoms with Crippen molar-refractivity contribution in [3.63, 3.8) is 0 Å².